The molecule has 104 valence electrons. The van der Waals surface area contributed by atoms with E-state index in [1.54, 1.807) is 0 Å². The summed E-state index contributed by atoms with van der Waals surface area (Å²) in [6.07, 6.45) is 1.80. The van der Waals surface area contributed by atoms with Crippen LogP contribution in [0.25, 0.3) is 0 Å². The molecule has 1 aliphatic rings. The Morgan fingerprint density at radius 1 is 1.42 bits per heavy atom. The topological polar surface area (TPSA) is 67.6 Å². The molecule has 1 atom stereocenters. The molecule has 1 saturated heterocycles. The number of nitrogens with two attached hydrogens (primary N) is 1. The van der Waals surface area contributed by atoms with Crippen molar-refractivity contribution < 1.29 is 9.53 Å². The van der Waals surface area contributed by atoms with E-state index in [0.29, 0.717) is 0 Å². The van der Waals surface area contributed by atoms with Gasteiger partial charge in [-0.05, 0) is 25.0 Å². The van der Waals surface area contributed by atoms with Crippen LogP contribution in [0.1, 0.15) is 12.8 Å². The molecule has 5 nitrogen and oxygen atoms in total. The third-order valence-electron chi connectivity index (χ3n) is 3.40. The van der Waals surface area contributed by atoms with E-state index in [1.165, 1.54) is 20.0 Å². The fraction of sp³-hybridized carbons (Fsp3) is 0.500. The van der Waals surface area contributed by atoms with Gasteiger partial charge in [0.1, 0.15) is 6.10 Å². The minimum atomic E-state index is -0.605. The van der Waals surface area contributed by atoms with Gasteiger partial charge in [-0.1, -0.05) is 12.1 Å². The van der Waals surface area contributed by atoms with Crippen LogP contribution in [0.2, 0.25) is 0 Å². The molecular weight excluding hydrogens is 242 g/mol. The van der Waals surface area contributed by atoms with Crippen LogP contribution in [0.5, 0.6) is 0 Å². The zero-order valence-corrected chi connectivity index (χ0v) is 11.3. The normalized spacial score (nSPS) is 16.4. The Morgan fingerprint density at radius 3 is 2.74 bits per heavy atom. The van der Waals surface area contributed by atoms with Crippen molar-refractivity contribution in [3.05, 3.63) is 24.3 Å². The number of carbonyl (C=O) groups excluding carboxylic acids is 1. The number of carbonyl (C=O) groups is 1. The fourth-order valence-electron chi connectivity index (χ4n) is 2.34. The predicted octanol–water partition coefficient (Wildman–Crippen LogP) is 1.20. The van der Waals surface area contributed by atoms with E-state index in [9.17, 15) is 4.79 Å². The third kappa shape index (κ3) is 3.24. The molecular formula is C14H21N3O2. The molecule has 1 aromatic carbocycles. The summed E-state index contributed by atoms with van der Waals surface area (Å²) in [5.41, 5.74) is 7.40. The number of methoxy groups -OCH3 is 1. The first-order valence-electron chi connectivity index (χ1n) is 6.64. The lowest BCUT2D eigenvalue weighted by Gasteiger charge is -2.22. The van der Waals surface area contributed by atoms with Gasteiger partial charge in [0.2, 0.25) is 0 Å². The Morgan fingerprint density at radius 2 is 2.11 bits per heavy atom. The van der Waals surface area contributed by atoms with Crippen LogP contribution in [0.4, 0.5) is 11.4 Å². The van der Waals surface area contributed by atoms with Gasteiger partial charge in [0.25, 0.3) is 5.91 Å². The Labute approximate surface area is 113 Å². The summed E-state index contributed by atoms with van der Waals surface area (Å²) in [6, 6.07) is 7.85. The van der Waals surface area contributed by atoms with Crippen LogP contribution in [-0.2, 0) is 9.53 Å². The molecule has 1 unspecified atom stereocenters. The van der Waals surface area contributed by atoms with Crippen LogP contribution in [-0.4, -0.2) is 38.8 Å². The van der Waals surface area contributed by atoms with E-state index in [-0.39, 0.29) is 12.5 Å². The molecule has 19 heavy (non-hydrogen) atoms. The molecule has 5 heteroatoms. The molecule has 1 amide bonds. The van der Waals surface area contributed by atoms with Crippen molar-refractivity contribution in [2.45, 2.75) is 18.9 Å². The summed E-state index contributed by atoms with van der Waals surface area (Å²) >= 11 is 0. The first-order valence-corrected chi connectivity index (χ1v) is 6.64. The Bertz CT molecular complexity index is 426. The molecule has 1 aromatic rings. The van der Waals surface area contributed by atoms with E-state index in [0.717, 1.165) is 24.5 Å². The second-order valence-electron chi connectivity index (χ2n) is 4.66. The first-order chi connectivity index (χ1) is 9.26. The molecule has 0 radical (unpaired) electrons. The molecule has 2 rings (SSSR count). The smallest absolute Gasteiger partial charge is 0.254 e. The van der Waals surface area contributed by atoms with Crippen molar-refractivity contribution >= 4 is 17.3 Å². The number of nitrogens with one attached hydrogen (secondary N) is 1. The second kappa shape index (κ2) is 6.54. The van der Waals surface area contributed by atoms with Gasteiger partial charge in [-0.25, -0.2) is 0 Å². The van der Waals surface area contributed by atoms with Crippen molar-refractivity contribution in [1.29, 1.82) is 0 Å². The average Bonchev–Trinajstić information content (AvgIpc) is 2.94. The lowest BCUT2D eigenvalue weighted by atomic mass is 10.2. The number of hydrogen-bond acceptors (Lipinski definition) is 4. The van der Waals surface area contributed by atoms with Crippen LogP contribution in [0.15, 0.2) is 24.3 Å². The zero-order chi connectivity index (χ0) is 13.7. The molecule has 0 aromatic heterocycles. The summed E-state index contributed by atoms with van der Waals surface area (Å²) in [6.45, 7) is 2.25. The van der Waals surface area contributed by atoms with Crippen LogP contribution >= 0.6 is 0 Å². The molecule has 1 heterocycles. The molecule has 0 bridgehead atoms. The van der Waals surface area contributed by atoms with Crippen molar-refractivity contribution in [1.82, 2.24) is 0 Å². The second-order valence-corrected chi connectivity index (χ2v) is 4.66. The summed E-state index contributed by atoms with van der Waals surface area (Å²) in [7, 11) is 1.49. The lowest BCUT2D eigenvalue weighted by Crippen LogP contribution is -2.36. The Hall–Kier alpha value is -1.59. The van der Waals surface area contributed by atoms with E-state index in [2.05, 4.69) is 10.2 Å². The monoisotopic (exact) mass is 263 g/mol. The number of anilines is 2. The highest BCUT2D eigenvalue weighted by Gasteiger charge is 2.20. The maximum Gasteiger partial charge on any atom is 0.254 e. The number of para-hydroxylation sites is 2. The predicted molar refractivity (Wildman–Crippen MR) is 76.4 cm³/mol. The largest absolute Gasteiger partial charge is 0.370 e. The average molecular weight is 263 g/mol. The van der Waals surface area contributed by atoms with E-state index >= 15 is 0 Å². The summed E-state index contributed by atoms with van der Waals surface area (Å²) in [5, 5.41) is 2.90. The third-order valence-corrected chi connectivity index (χ3v) is 3.40. The minimum absolute atomic E-state index is 0.175. The summed E-state index contributed by atoms with van der Waals surface area (Å²) in [5.74, 6) is -0.198. The number of amides is 1. The SMILES string of the molecule is COC(CN)C(=O)Nc1ccccc1N1CCCC1. The Balaban J connectivity index is 2.13. The van der Waals surface area contributed by atoms with Gasteiger partial charge in [-0.3, -0.25) is 4.79 Å². The van der Waals surface area contributed by atoms with E-state index in [1.807, 2.05) is 24.3 Å². The van der Waals surface area contributed by atoms with Crippen LogP contribution < -0.4 is 16.0 Å². The highest BCUT2D eigenvalue weighted by Crippen LogP contribution is 2.28. The number of rotatable bonds is 5. The molecule has 0 spiro atoms. The quantitative estimate of drug-likeness (QED) is 0.837. The molecule has 0 saturated carbocycles. The lowest BCUT2D eigenvalue weighted by molar-refractivity contribution is -0.125. The van der Waals surface area contributed by atoms with Gasteiger partial charge in [-0.15, -0.1) is 0 Å². The molecule has 3 N–H and O–H groups in total. The highest BCUT2D eigenvalue weighted by molar-refractivity contribution is 5.97. The van der Waals surface area contributed by atoms with Gasteiger partial charge in [0.15, 0.2) is 0 Å². The maximum atomic E-state index is 12.0. The Kier molecular flexibility index (Phi) is 4.76. The van der Waals surface area contributed by atoms with Gasteiger partial charge in [0, 0.05) is 26.7 Å². The van der Waals surface area contributed by atoms with Gasteiger partial charge >= 0.3 is 0 Å². The summed E-state index contributed by atoms with van der Waals surface area (Å²) in [4.78, 5) is 14.3. The number of hydrogen-bond donors (Lipinski definition) is 2. The fourth-order valence-corrected chi connectivity index (χ4v) is 2.34. The maximum absolute atomic E-state index is 12.0. The van der Waals surface area contributed by atoms with Crippen molar-refractivity contribution in [3.63, 3.8) is 0 Å². The van der Waals surface area contributed by atoms with Gasteiger partial charge < -0.3 is 20.7 Å². The minimum Gasteiger partial charge on any atom is -0.370 e. The summed E-state index contributed by atoms with van der Waals surface area (Å²) < 4.78 is 5.05. The molecule has 1 fully saturated rings. The highest BCUT2D eigenvalue weighted by atomic mass is 16.5. The standard InChI is InChI=1S/C14H21N3O2/c1-19-13(10-15)14(18)16-11-6-2-3-7-12(11)17-8-4-5-9-17/h2-3,6-7,13H,4-5,8-10,15H2,1H3,(H,16,18). The van der Waals surface area contributed by atoms with Crippen LogP contribution in [0, 0.1) is 0 Å². The number of ether oxygens (including phenoxy) is 1. The van der Waals surface area contributed by atoms with E-state index in [4.69, 9.17) is 10.5 Å². The van der Waals surface area contributed by atoms with Gasteiger partial charge in [-0.2, -0.15) is 0 Å². The first kappa shape index (κ1) is 13.8. The van der Waals surface area contributed by atoms with Gasteiger partial charge in [0.05, 0.1) is 11.4 Å². The van der Waals surface area contributed by atoms with Crippen molar-refractivity contribution in [2.24, 2.45) is 5.73 Å². The number of nitrogens with zero attached hydrogens (tertiary/aromatic N) is 1. The van der Waals surface area contributed by atoms with Crippen molar-refractivity contribution in [3.8, 4) is 0 Å². The van der Waals surface area contributed by atoms with Crippen LogP contribution in [0.3, 0.4) is 0 Å². The van der Waals surface area contributed by atoms with E-state index < -0.39 is 6.10 Å². The van der Waals surface area contributed by atoms with Crippen molar-refractivity contribution in [2.75, 3.05) is 37.0 Å². The molecule has 0 aliphatic carbocycles. The number of benzene rings is 1. The molecule has 1 aliphatic heterocycles. The zero-order valence-electron chi connectivity index (χ0n) is 11.3.